The molecule has 0 spiro atoms. The highest BCUT2D eigenvalue weighted by molar-refractivity contribution is 9.10. The largest absolute Gasteiger partial charge is 0.317 e. The number of halogens is 2. The van der Waals surface area contributed by atoms with Crippen LogP contribution >= 0.6 is 15.9 Å². The van der Waals surface area contributed by atoms with Crippen molar-refractivity contribution in [3.8, 4) is 0 Å². The Morgan fingerprint density at radius 3 is 2.65 bits per heavy atom. The fraction of sp³-hybridized carbons (Fsp3) is 0.571. The van der Waals surface area contributed by atoms with E-state index < -0.39 is 0 Å². The third-order valence-electron chi connectivity index (χ3n) is 2.90. The first-order valence-corrected chi connectivity index (χ1v) is 6.88. The minimum Gasteiger partial charge on any atom is -0.317 e. The van der Waals surface area contributed by atoms with E-state index in [0.29, 0.717) is 4.47 Å². The third kappa shape index (κ3) is 5.17. The predicted molar refractivity (Wildman–Crippen MR) is 74.7 cm³/mol. The predicted octanol–water partition coefficient (Wildman–Crippen LogP) is 4.16. The van der Waals surface area contributed by atoms with Crippen molar-refractivity contribution in [2.24, 2.45) is 5.41 Å². The van der Waals surface area contributed by atoms with Crippen molar-refractivity contribution in [1.82, 2.24) is 5.32 Å². The van der Waals surface area contributed by atoms with Crippen molar-refractivity contribution in [3.05, 3.63) is 34.1 Å². The van der Waals surface area contributed by atoms with Gasteiger partial charge in [0, 0.05) is 0 Å². The number of benzene rings is 1. The van der Waals surface area contributed by atoms with Crippen LogP contribution in [0.15, 0.2) is 22.7 Å². The van der Waals surface area contributed by atoms with Crippen LogP contribution in [0.2, 0.25) is 0 Å². The molecular weight excluding hydrogens is 281 g/mol. The molecule has 1 aromatic carbocycles. The second kappa shape index (κ2) is 6.50. The minimum atomic E-state index is -0.195. The van der Waals surface area contributed by atoms with E-state index in [1.165, 1.54) is 11.6 Å². The maximum absolute atomic E-state index is 13.1. The lowest BCUT2D eigenvalue weighted by Gasteiger charge is -2.25. The molecule has 0 unspecified atom stereocenters. The summed E-state index contributed by atoms with van der Waals surface area (Å²) in [5.41, 5.74) is 1.42. The summed E-state index contributed by atoms with van der Waals surface area (Å²) in [4.78, 5) is 0. The average molecular weight is 302 g/mol. The molecule has 96 valence electrons. The highest BCUT2D eigenvalue weighted by atomic mass is 79.9. The molecule has 17 heavy (non-hydrogen) atoms. The number of nitrogens with one attached hydrogen (secondary N) is 1. The molecule has 1 rings (SSSR count). The number of hydrogen-bond donors (Lipinski definition) is 1. The van der Waals surface area contributed by atoms with Gasteiger partial charge in [0.05, 0.1) is 4.47 Å². The summed E-state index contributed by atoms with van der Waals surface area (Å²) in [6, 6.07) is 5.28. The van der Waals surface area contributed by atoms with Gasteiger partial charge >= 0.3 is 0 Å². The molecule has 1 aromatic rings. The van der Waals surface area contributed by atoms with E-state index in [2.05, 4.69) is 42.0 Å². The number of hydrogen-bond acceptors (Lipinski definition) is 1. The Hall–Kier alpha value is -0.410. The van der Waals surface area contributed by atoms with Gasteiger partial charge in [0.2, 0.25) is 0 Å². The lowest BCUT2D eigenvalue weighted by atomic mass is 9.82. The summed E-state index contributed by atoms with van der Waals surface area (Å²) in [6.07, 6.45) is 2.09. The first-order chi connectivity index (χ1) is 7.94. The average Bonchev–Trinajstić information content (AvgIpc) is 2.23. The standard InChI is InChI=1S/C14H21BrFN/c1-4-17-8-7-14(2,3)10-11-5-6-13(16)12(15)9-11/h5-6,9,17H,4,7-8,10H2,1-3H3. The second-order valence-corrected chi connectivity index (χ2v) is 6.05. The van der Waals surface area contributed by atoms with E-state index in [-0.39, 0.29) is 11.2 Å². The highest BCUT2D eigenvalue weighted by Crippen LogP contribution is 2.27. The second-order valence-electron chi connectivity index (χ2n) is 5.19. The molecule has 0 saturated heterocycles. The van der Waals surface area contributed by atoms with E-state index in [1.807, 2.05) is 12.1 Å². The zero-order chi connectivity index (χ0) is 12.9. The Kier molecular flexibility index (Phi) is 5.60. The van der Waals surface area contributed by atoms with E-state index >= 15 is 0 Å². The smallest absolute Gasteiger partial charge is 0.137 e. The maximum atomic E-state index is 13.1. The van der Waals surface area contributed by atoms with Gasteiger partial charge in [-0.1, -0.05) is 26.8 Å². The number of rotatable bonds is 6. The summed E-state index contributed by atoms with van der Waals surface area (Å²) < 4.78 is 13.7. The zero-order valence-electron chi connectivity index (χ0n) is 10.8. The SMILES string of the molecule is CCNCCC(C)(C)Cc1ccc(F)c(Br)c1. The molecule has 0 heterocycles. The first-order valence-electron chi connectivity index (χ1n) is 6.09. The van der Waals surface area contributed by atoms with Crippen molar-refractivity contribution in [1.29, 1.82) is 0 Å². The summed E-state index contributed by atoms with van der Waals surface area (Å²) >= 11 is 3.23. The van der Waals surface area contributed by atoms with Gasteiger partial charge in [-0.25, -0.2) is 4.39 Å². The molecule has 0 atom stereocenters. The molecule has 1 nitrogen and oxygen atoms in total. The van der Waals surface area contributed by atoms with Crippen LogP contribution in [-0.2, 0) is 6.42 Å². The Morgan fingerprint density at radius 2 is 2.06 bits per heavy atom. The van der Waals surface area contributed by atoms with E-state index in [0.717, 1.165) is 25.9 Å². The van der Waals surface area contributed by atoms with Crippen molar-refractivity contribution in [2.45, 2.75) is 33.6 Å². The Balaban J connectivity index is 2.59. The van der Waals surface area contributed by atoms with Crippen LogP contribution in [0.25, 0.3) is 0 Å². The summed E-state index contributed by atoms with van der Waals surface area (Å²) in [6.45, 7) is 8.66. The van der Waals surface area contributed by atoms with Gasteiger partial charge in [-0.15, -0.1) is 0 Å². The summed E-state index contributed by atoms with van der Waals surface area (Å²) in [5, 5.41) is 3.34. The van der Waals surface area contributed by atoms with Gasteiger partial charge < -0.3 is 5.32 Å². The van der Waals surface area contributed by atoms with Crippen LogP contribution in [0.3, 0.4) is 0 Å². The minimum absolute atomic E-state index is 0.195. The molecule has 0 amide bonds. The van der Waals surface area contributed by atoms with E-state index in [9.17, 15) is 4.39 Å². The normalized spacial score (nSPS) is 11.8. The van der Waals surface area contributed by atoms with Crippen LogP contribution in [0.1, 0.15) is 32.8 Å². The van der Waals surface area contributed by atoms with E-state index in [4.69, 9.17) is 0 Å². The fourth-order valence-corrected chi connectivity index (χ4v) is 2.32. The van der Waals surface area contributed by atoms with E-state index in [1.54, 1.807) is 0 Å². The van der Waals surface area contributed by atoms with Crippen LogP contribution in [0, 0.1) is 11.2 Å². The summed E-state index contributed by atoms with van der Waals surface area (Å²) in [7, 11) is 0. The Morgan fingerprint density at radius 1 is 1.35 bits per heavy atom. The van der Waals surface area contributed by atoms with Gasteiger partial charge in [0.15, 0.2) is 0 Å². The van der Waals surface area contributed by atoms with Crippen LogP contribution in [0.5, 0.6) is 0 Å². The first kappa shape index (κ1) is 14.7. The maximum Gasteiger partial charge on any atom is 0.137 e. The van der Waals surface area contributed by atoms with Gasteiger partial charge in [0.1, 0.15) is 5.82 Å². The van der Waals surface area contributed by atoms with Crippen molar-refractivity contribution < 1.29 is 4.39 Å². The van der Waals surface area contributed by atoms with Gasteiger partial charge in [-0.2, -0.15) is 0 Å². The van der Waals surface area contributed by atoms with Crippen LogP contribution in [-0.4, -0.2) is 13.1 Å². The van der Waals surface area contributed by atoms with Gasteiger partial charge in [-0.3, -0.25) is 0 Å². The molecule has 0 aliphatic rings. The molecule has 0 saturated carbocycles. The monoisotopic (exact) mass is 301 g/mol. The quantitative estimate of drug-likeness (QED) is 0.778. The Bertz CT molecular complexity index is 363. The van der Waals surface area contributed by atoms with Crippen molar-refractivity contribution in [3.63, 3.8) is 0 Å². The van der Waals surface area contributed by atoms with Crippen molar-refractivity contribution in [2.75, 3.05) is 13.1 Å². The molecule has 3 heteroatoms. The van der Waals surface area contributed by atoms with Gasteiger partial charge in [0.25, 0.3) is 0 Å². The molecular formula is C14H21BrFN. The lowest BCUT2D eigenvalue weighted by Crippen LogP contribution is -2.23. The molecule has 0 aliphatic carbocycles. The van der Waals surface area contributed by atoms with Crippen molar-refractivity contribution >= 4 is 15.9 Å². The Labute approximate surface area is 112 Å². The molecule has 0 aromatic heterocycles. The highest BCUT2D eigenvalue weighted by Gasteiger charge is 2.18. The fourth-order valence-electron chi connectivity index (χ4n) is 1.89. The topological polar surface area (TPSA) is 12.0 Å². The molecule has 0 aliphatic heterocycles. The zero-order valence-corrected chi connectivity index (χ0v) is 12.4. The lowest BCUT2D eigenvalue weighted by molar-refractivity contribution is 0.326. The molecule has 0 radical (unpaired) electrons. The molecule has 1 N–H and O–H groups in total. The molecule has 0 bridgehead atoms. The van der Waals surface area contributed by atoms with Crippen LogP contribution in [0.4, 0.5) is 4.39 Å². The third-order valence-corrected chi connectivity index (χ3v) is 3.50. The van der Waals surface area contributed by atoms with Crippen LogP contribution < -0.4 is 5.32 Å². The molecule has 0 fully saturated rings. The summed E-state index contributed by atoms with van der Waals surface area (Å²) in [5.74, 6) is -0.195. The van der Waals surface area contributed by atoms with Gasteiger partial charge in [-0.05, 0) is 65.0 Å².